The standard InChI is InChI=1S/C18H31N/c1-3-11-18(19-16-4-2)15-10-6-9-14-17-12-7-5-8-13-17/h5,7-8,12-13,18-19H,3-4,6,9-11,14-16H2,1-2H3. The Kier molecular flexibility index (Phi) is 9.44. The lowest BCUT2D eigenvalue weighted by Crippen LogP contribution is -2.29. The van der Waals surface area contributed by atoms with Crippen LogP contribution in [0.4, 0.5) is 0 Å². The van der Waals surface area contributed by atoms with Gasteiger partial charge in [0.05, 0.1) is 0 Å². The topological polar surface area (TPSA) is 12.0 Å². The molecule has 0 aliphatic heterocycles. The number of nitrogens with one attached hydrogen (secondary N) is 1. The number of hydrogen-bond acceptors (Lipinski definition) is 1. The van der Waals surface area contributed by atoms with E-state index in [4.69, 9.17) is 0 Å². The van der Waals surface area contributed by atoms with Gasteiger partial charge in [0.2, 0.25) is 0 Å². The first kappa shape index (κ1) is 16.2. The van der Waals surface area contributed by atoms with Gasteiger partial charge in [-0.15, -0.1) is 0 Å². The Balaban J connectivity index is 2.07. The van der Waals surface area contributed by atoms with Crippen molar-refractivity contribution in [3.8, 4) is 0 Å². The summed E-state index contributed by atoms with van der Waals surface area (Å²) in [6.07, 6.45) is 10.5. The van der Waals surface area contributed by atoms with Gasteiger partial charge in [0.15, 0.2) is 0 Å². The van der Waals surface area contributed by atoms with E-state index >= 15 is 0 Å². The zero-order chi connectivity index (χ0) is 13.8. The predicted molar refractivity (Wildman–Crippen MR) is 85.6 cm³/mol. The maximum absolute atomic E-state index is 3.68. The molecule has 1 nitrogen and oxygen atoms in total. The molecule has 1 unspecified atom stereocenters. The van der Waals surface area contributed by atoms with E-state index < -0.39 is 0 Å². The maximum atomic E-state index is 3.68. The van der Waals surface area contributed by atoms with E-state index in [-0.39, 0.29) is 0 Å². The molecular formula is C18H31N. The fraction of sp³-hybridized carbons (Fsp3) is 0.667. The molecule has 108 valence electrons. The number of hydrogen-bond donors (Lipinski definition) is 1. The minimum Gasteiger partial charge on any atom is -0.314 e. The van der Waals surface area contributed by atoms with Crippen molar-refractivity contribution < 1.29 is 0 Å². The largest absolute Gasteiger partial charge is 0.314 e. The summed E-state index contributed by atoms with van der Waals surface area (Å²) in [5, 5.41) is 3.68. The second kappa shape index (κ2) is 11.0. The molecule has 0 saturated heterocycles. The Morgan fingerprint density at radius 3 is 2.37 bits per heavy atom. The second-order valence-corrected chi connectivity index (χ2v) is 5.52. The van der Waals surface area contributed by atoms with Crippen LogP contribution in [-0.4, -0.2) is 12.6 Å². The van der Waals surface area contributed by atoms with Crippen LogP contribution in [0.5, 0.6) is 0 Å². The third-order valence-electron chi connectivity index (χ3n) is 3.68. The first-order valence-corrected chi connectivity index (χ1v) is 8.14. The van der Waals surface area contributed by atoms with Crippen LogP contribution < -0.4 is 5.32 Å². The molecule has 1 atom stereocenters. The fourth-order valence-corrected chi connectivity index (χ4v) is 2.59. The molecule has 1 heteroatoms. The Morgan fingerprint density at radius 1 is 0.895 bits per heavy atom. The van der Waals surface area contributed by atoms with Crippen molar-refractivity contribution in [1.29, 1.82) is 0 Å². The lowest BCUT2D eigenvalue weighted by atomic mass is 10.0. The van der Waals surface area contributed by atoms with Gasteiger partial charge in [0, 0.05) is 6.04 Å². The summed E-state index contributed by atoms with van der Waals surface area (Å²) in [7, 11) is 0. The van der Waals surface area contributed by atoms with Crippen LogP contribution in [0.2, 0.25) is 0 Å². The molecule has 0 radical (unpaired) electrons. The highest BCUT2D eigenvalue weighted by Crippen LogP contribution is 2.11. The van der Waals surface area contributed by atoms with E-state index in [1.165, 1.54) is 63.5 Å². The molecule has 0 fully saturated rings. The van der Waals surface area contributed by atoms with Crippen molar-refractivity contribution in [2.45, 2.75) is 71.3 Å². The van der Waals surface area contributed by atoms with Gasteiger partial charge < -0.3 is 5.32 Å². The van der Waals surface area contributed by atoms with Gasteiger partial charge >= 0.3 is 0 Å². The molecule has 0 amide bonds. The van der Waals surface area contributed by atoms with E-state index in [9.17, 15) is 0 Å². The number of unbranched alkanes of at least 4 members (excludes halogenated alkanes) is 2. The highest BCUT2D eigenvalue weighted by molar-refractivity contribution is 5.14. The monoisotopic (exact) mass is 261 g/mol. The molecule has 0 heterocycles. The van der Waals surface area contributed by atoms with Crippen molar-refractivity contribution in [2.75, 3.05) is 6.54 Å². The summed E-state index contributed by atoms with van der Waals surface area (Å²) in [4.78, 5) is 0. The summed E-state index contributed by atoms with van der Waals surface area (Å²) in [6, 6.07) is 11.6. The molecule has 1 rings (SSSR count). The Morgan fingerprint density at radius 2 is 1.68 bits per heavy atom. The smallest absolute Gasteiger partial charge is 0.00669 e. The minimum atomic E-state index is 0.752. The molecule has 19 heavy (non-hydrogen) atoms. The Hall–Kier alpha value is -0.820. The van der Waals surface area contributed by atoms with Crippen LogP contribution in [0.1, 0.15) is 64.4 Å². The first-order valence-electron chi connectivity index (χ1n) is 8.14. The lowest BCUT2D eigenvalue weighted by molar-refractivity contribution is 0.429. The van der Waals surface area contributed by atoms with Crippen molar-refractivity contribution in [2.24, 2.45) is 0 Å². The molecule has 0 spiro atoms. The van der Waals surface area contributed by atoms with E-state index in [0.717, 1.165) is 6.04 Å². The molecule has 0 bridgehead atoms. The van der Waals surface area contributed by atoms with Crippen LogP contribution >= 0.6 is 0 Å². The molecule has 1 aromatic carbocycles. The third kappa shape index (κ3) is 8.05. The van der Waals surface area contributed by atoms with Crippen LogP contribution in [-0.2, 0) is 6.42 Å². The van der Waals surface area contributed by atoms with Crippen LogP contribution in [0.25, 0.3) is 0 Å². The lowest BCUT2D eigenvalue weighted by Gasteiger charge is -2.17. The van der Waals surface area contributed by atoms with Crippen molar-refractivity contribution >= 4 is 0 Å². The van der Waals surface area contributed by atoms with Gasteiger partial charge in [-0.2, -0.15) is 0 Å². The van der Waals surface area contributed by atoms with E-state index in [0.29, 0.717) is 0 Å². The van der Waals surface area contributed by atoms with Crippen molar-refractivity contribution in [3.05, 3.63) is 35.9 Å². The van der Waals surface area contributed by atoms with Crippen LogP contribution in [0.15, 0.2) is 30.3 Å². The molecule has 1 aromatic rings. The van der Waals surface area contributed by atoms with Crippen LogP contribution in [0.3, 0.4) is 0 Å². The zero-order valence-corrected chi connectivity index (χ0v) is 12.8. The summed E-state index contributed by atoms with van der Waals surface area (Å²) >= 11 is 0. The SMILES string of the molecule is CCCNC(CCC)CCCCCc1ccccc1. The third-order valence-corrected chi connectivity index (χ3v) is 3.68. The minimum absolute atomic E-state index is 0.752. The normalized spacial score (nSPS) is 12.5. The fourth-order valence-electron chi connectivity index (χ4n) is 2.59. The number of aryl methyl sites for hydroxylation is 1. The Bertz CT molecular complexity index is 294. The Labute approximate surface area is 119 Å². The molecule has 0 aromatic heterocycles. The first-order chi connectivity index (χ1) is 9.36. The molecule has 0 aliphatic carbocycles. The molecule has 0 saturated carbocycles. The predicted octanol–water partition coefficient (Wildman–Crippen LogP) is 4.96. The number of benzene rings is 1. The van der Waals surface area contributed by atoms with E-state index in [1.54, 1.807) is 0 Å². The van der Waals surface area contributed by atoms with Crippen molar-refractivity contribution in [1.82, 2.24) is 5.32 Å². The molecule has 0 aliphatic rings. The van der Waals surface area contributed by atoms with Crippen LogP contribution in [0, 0.1) is 0 Å². The maximum Gasteiger partial charge on any atom is 0.00669 e. The molecule has 1 N–H and O–H groups in total. The average Bonchev–Trinajstić information content (AvgIpc) is 2.45. The van der Waals surface area contributed by atoms with Gasteiger partial charge in [0.1, 0.15) is 0 Å². The van der Waals surface area contributed by atoms with Gasteiger partial charge in [-0.25, -0.2) is 0 Å². The van der Waals surface area contributed by atoms with E-state index in [1.807, 2.05) is 0 Å². The summed E-state index contributed by atoms with van der Waals surface area (Å²) in [5.41, 5.74) is 1.48. The second-order valence-electron chi connectivity index (χ2n) is 5.52. The van der Waals surface area contributed by atoms with Gasteiger partial charge in [-0.1, -0.05) is 63.4 Å². The number of rotatable bonds is 11. The van der Waals surface area contributed by atoms with Gasteiger partial charge in [-0.05, 0) is 44.2 Å². The summed E-state index contributed by atoms with van der Waals surface area (Å²) in [6.45, 7) is 5.71. The van der Waals surface area contributed by atoms with Gasteiger partial charge in [-0.3, -0.25) is 0 Å². The highest BCUT2D eigenvalue weighted by atomic mass is 14.9. The highest BCUT2D eigenvalue weighted by Gasteiger charge is 2.05. The summed E-state index contributed by atoms with van der Waals surface area (Å²) < 4.78 is 0. The molecular weight excluding hydrogens is 230 g/mol. The quantitative estimate of drug-likeness (QED) is 0.555. The van der Waals surface area contributed by atoms with Gasteiger partial charge in [0.25, 0.3) is 0 Å². The average molecular weight is 261 g/mol. The zero-order valence-electron chi connectivity index (χ0n) is 12.8. The van der Waals surface area contributed by atoms with Crippen molar-refractivity contribution in [3.63, 3.8) is 0 Å². The van der Waals surface area contributed by atoms with E-state index in [2.05, 4.69) is 49.5 Å². The summed E-state index contributed by atoms with van der Waals surface area (Å²) in [5.74, 6) is 0.